The lowest BCUT2D eigenvalue weighted by atomic mass is 9.76. The Hall–Kier alpha value is -0.0400. The third kappa shape index (κ3) is 3.17. The highest BCUT2D eigenvalue weighted by Gasteiger charge is 2.40. The van der Waals surface area contributed by atoms with Gasteiger partial charge in [0.2, 0.25) is 0 Å². The fraction of sp³-hybridized carbons (Fsp3) is 1.00. The van der Waals surface area contributed by atoms with Crippen LogP contribution >= 0.6 is 0 Å². The number of hydrogen-bond donors (Lipinski definition) is 1. The van der Waals surface area contributed by atoms with Crippen molar-refractivity contribution in [3.05, 3.63) is 0 Å². The summed E-state index contributed by atoms with van der Waals surface area (Å²) in [5.74, 6) is 3.06. The van der Waals surface area contributed by atoms with Gasteiger partial charge in [0.05, 0.1) is 0 Å². The molecule has 5 unspecified atom stereocenters. The van der Waals surface area contributed by atoms with E-state index in [2.05, 4.69) is 26.1 Å². The van der Waals surface area contributed by atoms with Gasteiger partial charge in [0, 0.05) is 12.1 Å². The molecule has 0 aliphatic heterocycles. The number of nitrogens with one attached hydrogen (secondary N) is 1. The van der Waals surface area contributed by atoms with E-state index in [9.17, 15) is 0 Å². The summed E-state index contributed by atoms with van der Waals surface area (Å²) in [6.07, 6.45) is 13.3. The molecule has 3 aliphatic carbocycles. The summed E-state index contributed by atoms with van der Waals surface area (Å²) in [5.41, 5.74) is 0.515. The quantitative estimate of drug-likeness (QED) is 0.708. The molecule has 0 saturated heterocycles. The third-order valence-corrected chi connectivity index (χ3v) is 6.38. The van der Waals surface area contributed by atoms with Crippen molar-refractivity contribution in [2.24, 2.45) is 23.2 Å². The Balaban J connectivity index is 1.50. The normalized spacial score (nSPS) is 43.4. The summed E-state index contributed by atoms with van der Waals surface area (Å²) >= 11 is 0. The highest BCUT2D eigenvalue weighted by Crippen LogP contribution is 2.45. The maximum atomic E-state index is 4.06. The molecular weight excluding hydrogens is 230 g/mol. The van der Waals surface area contributed by atoms with E-state index >= 15 is 0 Å². The van der Waals surface area contributed by atoms with Gasteiger partial charge in [-0.15, -0.1) is 0 Å². The Morgan fingerprint density at radius 2 is 1.68 bits per heavy atom. The maximum absolute atomic E-state index is 4.06. The molecule has 0 spiro atoms. The zero-order valence-electron chi connectivity index (χ0n) is 13.3. The Morgan fingerprint density at radius 1 is 0.842 bits per heavy atom. The lowest BCUT2D eigenvalue weighted by molar-refractivity contribution is 0.212. The predicted molar refractivity (Wildman–Crippen MR) is 82.2 cm³/mol. The first-order valence-electron chi connectivity index (χ1n) is 8.78. The summed E-state index contributed by atoms with van der Waals surface area (Å²) in [6.45, 7) is 7.30. The molecule has 0 aromatic heterocycles. The molecule has 1 nitrogen and oxygen atoms in total. The van der Waals surface area contributed by atoms with Crippen LogP contribution in [0, 0.1) is 23.2 Å². The Morgan fingerprint density at radius 3 is 2.32 bits per heavy atom. The second kappa shape index (κ2) is 5.39. The topological polar surface area (TPSA) is 12.0 Å². The highest BCUT2D eigenvalue weighted by atomic mass is 15.0. The minimum absolute atomic E-state index is 0.515. The van der Waals surface area contributed by atoms with Crippen molar-refractivity contribution >= 4 is 0 Å². The molecule has 1 heteroatoms. The van der Waals surface area contributed by atoms with Crippen LogP contribution in [0.5, 0.6) is 0 Å². The largest absolute Gasteiger partial charge is 0.311 e. The van der Waals surface area contributed by atoms with Crippen LogP contribution in [0.25, 0.3) is 0 Å². The van der Waals surface area contributed by atoms with Crippen LogP contribution < -0.4 is 5.32 Å². The second-order valence-corrected chi connectivity index (χ2v) is 8.72. The molecule has 0 radical (unpaired) electrons. The predicted octanol–water partition coefficient (Wildman–Crippen LogP) is 4.76. The average molecular weight is 263 g/mol. The van der Waals surface area contributed by atoms with Gasteiger partial charge in [-0.05, 0) is 68.1 Å². The third-order valence-electron chi connectivity index (χ3n) is 6.38. The molecule has 0 heterocycles. The molecule has 110 valence electrons. The van der Waals surface area contributed by atoms with Gasteiger partial charge in [-0.1, -0.05) is 33.6 Å². The first-order valence-corrected chi connectivity index (χ1v) is 8.78. The Labute approximate surface area is 119 Å². The molecule has 3 aliphatic rings. The molecule has 0 aromatic carbocycles. The molecular formula is C18H33N. The Bertz CT molecular complexity index is 303. The van der Waals surface area contributed by atoms with Gasteiger partial charge in [-0.2, -0.15) is 0 Å². The van der Waals surface area contributed by atoms with Gasteiger partial charge in [-0.25, -0.2) is 0 Å². The zero-order valence-corrected chi connectivity index (χ0v) is 13.3. The summed E-state index contributed by atoms with van der Waals surface area (Å²) in [7, 11) is 0. The van der Waals surface area contributed by atoms with E-state index in [-0.39, 0.29) is 0 Å². The van der Waals surface area contributed by atoms with E-state index in [0.717, 1.165) is 29.8 Å². The van der Waals surface area contributed by atoms with Crippen LogP contribution in [0.2, 0.25) is 0 Å². The smallest absolute Gasteiger partial charge is 0.0101 e. The maximum Gasteiger partial charge on any atom is 0.0101 e. The van der Waals surface area contributed by atoms with E-state index in [1.807, 2.05) is 0 Å². The molecule has 0 amide bonds. The van der Waals surface area contributed by atoms with Crippen LogP contribution in [0.4, 0.5) is 0 Å². The van der Waals surface area contributed by atoms with E-state index in [1.165, 1.54) is 57.8 Å². The summed E-state index contributed by atoms with van der Waals surface area (Å²) in [6, 6.07) is 1.71. The van der Waals surface area contributed by atoms with E-state index in [0.29, 0.717) is 5.41 Å². The van der Waals surface area contributed by atoms with Gasteiger partial charge in [-0.3, -0.25) is 0 Å². The van der Waals surface area contributed by atoms with Crippen LogP contribution in [0.1, 0.15) is 78.6 Å². The number of hydrogen-bond acceptors (Lipinski definition) is 1. The molecule has 2 bridgehead atoms. The summed E-state index contributed by atoms with van der Waals surface area (Å²) in [5, 5.41) is 4.06. The van der Waals surface area contributed by atoms with Crippen molar-refractivity contribution in [3.8, 4) is 0 Å². The van der Waals surface area contributed by atoms with Gasteiger partial charge in [0.15, 0.2) is 0 Å². The van der Waals surface area contributed by atoms with Gasteiger partial charge in [0.1, 0.15) is 0 Å². The first kappa shape index (κ1) is 13.9. The molecule has 3 rings (SSSR count). The lowest BCUT2D eigenvalue weighted by Gasteiger charge is -2.30. The first-order chi connectivity index (χ1) is 9.02. The number of rotatable bonds is 2. The van der Waals surface area contributed by atoms with Gasteiger partial charge < -0.3 is 5.32 Å². The second-order valence-electron chi connectivity index (χ2n) is 8.72. The number of fused-ring (bicyclic) bond motifs is 2. The fourth-order valence-corrected chi connectivity index (χ4v) is 5.09. The van der Waals surface area contributed by atoms with Crippen LogP contribution in [0.15, 0.2) is 0 Å². The van der Waals surface area contributed by atoms with E-state index < -0.39 is 0 Å². The van der Waals surface area contributed by atoms with Crippen molar-refractivity contribution in [1.29, 1.82) is 0 Å². The van der Waals surface area contributed by atoms with Crippen molar-refractivity contribution < 1.29 is 0 Å². The van der Waals surface area contributed by atoms with Crippen molar-refractivity contribution in [1.82, 2.24) is 5.32 Å². The highest BCUT2D eigenvalue weighted by molar-refractivity contribution is 4.95. The van der Waals surface area contributed by atoms with Crippen LogP contribution in [-0.2, 0) is 0 Å². The van der Waals surface area contributed by atoms with Gasteiger partial charge in [0.25, 0.3) is 0 Å². The van der Waals surface area contributed by atoms with E-state index in [4.69, 9.17) is 0 Å². The standard InChI is InChI=1S/C18H33N/c1-18(2,3)15-5-4-6-16(10-9-15)19-17-12-13-7-8-14(17)11-13/h13-17,19H,4-12H2,1-3H3. The molecule has 19 heavy (non-hydrogen) atoms. The molecule has 5 atom stereocenters. The summed E-state index contributed by atoms with van der Waals surface area (Å²) in [4.78, 5) is 0. The van der Waals surface area contributed by atoms with E-state index in [1.54, 1.807) is 0 Å². The zero-order chi connectivity index (χ0) is 13.5. The lowest BCUT2D eigenvalue weighted by Crippen LogP contribution is -2.41. The SMILES string of the molecule is CC(C)(C)C1CCCC(NC2CC3CCC2C3)CC1. The molecule has 0 aromatic rings. The van der Waals surface area contributed by atoms with Crippen molar-refractivity contribution in [2.45, 2.75) is 90.6 Å². The minimum atomic E-state index is 0.515. The fourth-order valence-electron chi connectivity index (χ4n) is 5.09. The van der Waals surface area contributed by atoms with Gasteiger partial charge >= 0.3 is 0 Å². The summed E-state index contributed by atoms with van der Waals surface area (Å²) < 4.78 is 0. The monoisotopic (exact) mass is 263 g/mol. The van der Waals surface area contributed by atoms with Crippen molar-refractivity contribution in [2.75, 3.05) is 0 Å². The molecule has 1 N–H and O–H groups in total. The van der Waals surface area contributed by atoms with Crippen molar-refractivity contribution in [3.63, 3.8) is 0 Å². The molecule has 3 saturated carbocycles. The molecule has 3 fully saturated rings. The van der Waals surface area contributed by atoms with Crippen LogP contribution in [0.3, 0.4) is 0 Å². The average Bonchev–Trinajstić information content (AvgIpc) is 2.85. The minimum Gasteiger partial charge on any atom is -0.311 e. The van der Waals surface area contributed by atoms with Crippen LogP contribution in [-0.4, -0.2) is 12.1 Å². The Kier molecular flexibility index (Phi) is 3.95.